The summed E-state index contributed by atoms with van der Waals surface area (Å²) in [6, 6.07) is 7.13. The Morgan fingerprint density at radius 1 is 1.14 bits per heavy atom. The smallest absolute Gasteiger partial charge is 0.231 e. The fourth-order valence-electron chi connectivity index (χ4n) is 2.16. The zero-order chi connectivity index (χ0) is 15.0. The quantitative estimate of drug-likeness (QED) is 0.763. The van der Waals surface area contributed by atoms with Crippen LogP contribution in [0.5, 0.6) is 11.5 Å². The molecule has 1 heterocycles. The topological polar surface area (TPSA) is 30.5 Å². The molecule has 0 atom stereocenters. The maximum atomic E-state index is 13.6. The first-order chi connectivity index (χ1) is 10.0. The Labute approximate surface area is 138 Å². The standard InChI is InChI=1S/C15H12Br2FNO2/c1-8-2-10(16)12(18)5-13(8)19-6-9-3-11(17)15-14(4-9)20-7-21-15/h2-5,19H,6-7H2,1H3. The summed E-state index contributed by atoms with van der Waals surface area (Å²) >= 11 is 6.64. The predicted molar refractivity (Wildman–Crippen MR) is 86.4 cm³/mol. The second kappa shape index (κ2) is 5.85. The minimum atomic E-state index is -0.282. The summed E-state index contributed by atoms with van der Waals surface area (Å²) < 4.78 is 25.7. The van der Waals surface area contributed by atoms with Gasteiger partial charge in [0.25, 0.3) is 0 Å². The van der Waals surface area contributed by atoms with Crippen LogP contribution in [0, 0.1) is 12.7 Å². The number of fused-ring (bicyclic) bond motifs is 1. The van der Waals surface area contributed by atoms with Crippen molar-refractivity contribution in [1.82, 2.24) is 0 Å². The Hall–Kier alpha value is -1.27. The van der Waals surface area contributed by atoms with Crippen molar-refractivity contribution in [2.45, 2.75) is 13.5 Å². The zero-order valence-electron chi connectivity index (χ0n) is 11.2. The summed E-state index contributed by atoms with van der Waals surface area (Å²) in [4.78, 5) is 0. The number of hydrogen-bond donors (Lipinski definition) is 1. The third-order valence-electron chi connectivity index (χ3n) is 3.24. The molecule has 0 radical (unpaired) electrons. The summed E-state index contributed by atoms with van der Waals surface area (Å²) in [6.45, 7) is 2.74. The van der Waals surface area contributed by atoms with E-state index in [-0.39, 0.29) is 12.6 Å². The SMILES string of the molecule is Cc1cc(Br)c(F)cc1NCc1cc(Br)c2c(c1)OCO2. The van der Waals surface area contributed by atoms with Gasteiger partial charge in [0.05, 0.1) is 8.95 Å². The van der Waals surface area contributed by atoms with Crippen LogP contribution in [0.4, 0.5) is 10.1 Å². The third kappa shape index (κ3) is 3.01. The molecule has 0 spiro atoms. The molecular formula is C15H12Br2FNO2. The maximum absolute atomic E-state index is 13.6. The second-order valence-corrected chi connectivity index (χ2v) is 6.45. The van der Waals surface area contributed by atoms with Crippen molar-refractivity contribution in [2.75, 3.05) is 12.1 Å². The third-order valence-corrected chi connectivity index (χ3v) is 4.43. The van der Waals surface area contributed by atoms with Crippen molar-refractivity contribution in [1.29, 1.82) is 0 Å². The minimum absolute atomic E-state index is 0.238. The molecule has 0 aromatic heterocycles. The van der Waals surface area contributed by atoms with E-state index in [2.05, 4.69) is 37.2 Å². The van der Waals surface area contributed by atoms with E-state index in [0.29, 0.717) is 11.0 Å². The molecule has 6 heteroatoms. The molecule has 110 valence electrons. The molecule has 1 aliphatic heterocycles. The average Bonchev–Trinajstić information content (AvgIpc) is 2.90. The van der Waals surface area contributed by atoms with Gasteiger partial charge in [-0.3, -0.25) is 0 Å². The van der Waals surface area contributed by atoms with Gasteiger partial charge in [0.15, 0.2) is 11.5 Å². The monoisotopic (exact) mass is 415 g/mol. The van der Waals surface area contributed by atoms with Crippen LogP contribution in [0.25, 0.3) is 0 Å². The van der Waals surface area contributed by atoms with Crippen LogP contribution in [0.2, 0.25) is 0 Å². The van der Waals surface area contributed by atoms with E-state index < -0.39 is 0 Å². The van der Waals surface area contributed by atoms with Gasteiger partial charge in [0.1, 0.15) is 5.82 Å². The highest BCUT2D eigenvalue weighted by molar-refractivity contribution is 9.10. The van der Waals surface area contributed by atoms with Crippen molar-refractivity contribution in [3.8, 4) is 11.5 Å². The van der Waals surface area contributed by atoms with Crippen molar-refractivity contribution in [3.63, 3.8) is 0 Å². The Kier molecular flexibility index (Phi) is 4.08. The van der Waals surface area contributed by atoms with Gasteiger partial charge >= 0.3 is 0 Å². The molecular weight excluding hydrogens is 405 g/mol. The number of hydrogen-bond acceptors (Lipinski definition) is 3. The highest BCUT2D eigenvalue weighted by Crippen LogP contribution is 2.40. The fraction of sp³-hybridized carbons (Fsp3) is 0.200. The number of ether oxygens (including phenoxy) is 2. The Morgan fingerprint density at radius 3 is 2.76 bits per heavy atom. The van der Waals surface area contributed by atoms with Crippen LogP contribution < -0.4 is 14.8 Å². The summed E-state index contributed by atoms with van der Waals surface area (Å²) in [5.41, 5.74) is 2.77. The first-order valence-corrected chi connectivity index (χ1v) is 7.91. The molecule has 0 amide bonds. The van der Waals surface area contributed by atoms with Crippen molar-refractivity contribution < 1.29 is 13.9 Å². The van der Waals surface area contributed by atoms with Crippen LogP contribution in [0.1, 0.15) is 11.1 Å². The van der Waals surface area contributed by atoms with E-state index >= 15 is 0 Å². The van der Waals surface area contributed by atoms with Gasteiger partial charge in [-0.2, -0.15) is 0 Å². The Morgan fingerprint density at radius 2 is 1.95 bits per heavy atom. The van der Waals surface area contributed by atoms with Crippen LogP contribution in [-0.2, 0) is 6.54 Å². The van der Waals surface area contributed by atoms with Crippen LogP contribution in [0.3, 0.4) is 0 Å². The van der Waals surface area contributed by atoms with Gasteiger partial charge in [-0.1, -0.05) is 0 Å². The van der Waals surface area contributed by atoms with Gasteiger partial charge in [-0.15, -0.1) is 0 Å². The van der Waals surface area contributed by atoms with Crippen LogP contribution in [-0.4, -0.2) is 6.79 Å². The maximum Gasteiger partial charge on any atom is 0.231 e. The second-order valence-electron chi connectivity index (χ2n) is 4.75. The molecule has 0 saturated carbocycles. The highest BCUT2D eigenvalue weighted by atomic mass is 79.9. The first-order valence-electron chi connectivity index (χ1n) is 6.32. The van der Waals surface area contributed by atoms with Crippen molar-refractivity contribution in [2.24, 2.45) is 0 Å². The number of aryl methyl sites for hydroxylation is 1. The molecule has 0 saturated heterocycles. The fourth-order valence-corrected chi connectivity index (χ4v) is 3.22. The summed E-state index contributed by atoms with van der Waals surface area (Å²) in [5, 5.41) is 3.24. The Bertz CT molecular complexity index is 707. The van der Waals surface area contributed by atoms with E-state index in [1.165, 1.54) is 6.07 Å². The molecule has 2 aromatic carbocycles. The molecule has 0 unspecified atom stereocenters. The van der Waals surface area contributed by atoms with Gasteiger partial charge < -0.3 is 14.8 Å². The predicted octanol–water partition coefficient (Wildman–Crippen LogP) is 5.00. The van der Waals surface area contributed by atoms with E-state index in [9.17, 15) is 4.39 Å². The van der Waals surface area contributed by atoms with Gasteiger partial charge in [0, 0.05) is 12.2 Å². The average molecular weight is 417 g/mol. The van der Waals surface area contributed by atoms with E-state index in [1.54, 1.807) is 6.07 Å². The molecule has 0 aliphatic carbocycles. The van der Waals surface area contributed by atoms with Gasteiger partial charge in [-0.25, -0.2) is 4.39 Å². The van der Waals surface area contributed by atoms with E-state index in [0.717, 1.165) is 32.8 Å². The lowest BCUT2D eigenvalue weighted by atomic mass is 10.1. The van der Waals surface area contributed by atoms with Crippen LogP contribution >= 0.6 is 31.9 Å². The zero-order valence-corrected chi connectivity index (χ0v) is 14.3. The van der Waals surface area contributed by atoms with Crippen molar-refractivity contribution >= 4 is 37.5 Å². The summed E-state index contributed by atoms with van der Waals surface area (Å²) in [6.07, 6.45) is 0. The van der Waals surface area contributed by atoms with E-state index in [4.69, 9.17) is 9.47 Å². The number of anilines is 1. The van der Waals surface area contributed by atoms with Crippen molar-refractivity contribution in [3.05, 3.63) is 50.2 Å². The lowest BCUT2D eigenvalue weighted by molar-refractivity contribution is 0.173. The molecule has 0 bridgehead atoms. The highest BCUT2D eigenvalue weighted by Gasteiger charge is 2.18. The lowest BCUT2D eigenvalue weighted by Gasteiger charge is -2.11. The molecule has 3 nitrogen and oxygen atoms in total. The van der Waals surface area contributed by atoms with Gasteiger partial charge in [-0.05, 0) is 74.2 Å². The first kappa shape index (κ1) is 14.7. The Balaban J connectivity index is 1.79. The minimum Gasteiger partial charge on any atom is -0.454 e. The largest absolute Gasteiger partial charge is 0.454 e. The number of benzene rings is 2. The molecule has 21 heavy (non-hydrogen) atoms. The van der Waals surface area contributed by atoms with Crippen LogP contribution in [0.15, 0.2) is 33.2 Å². The summed E-state index contributed by atoms with van der Waals surface area (Å²) in [5.74, 6) is 1.17. The molecule has 0 fully saturated rings. The molecule has 1 N–H and O–H groups in total. The number of rotatable bonds is 3. The summed E-state index contributed by atoms with van der Waals surface area (Å²) in [7, 11) is 0. The molecule has 1 aliphatic rings. The van der Waals surface area contributed by atoms with Gasteiger partial charge in [0.2, 0.25) is 6.79 Å². The molecule has 2 aromatic rings. The van der Waals surface area contributed by atoms with E-state index in [1.807, 2.05) is 19.1 Å². The lowest BCUT2D eigenvalue weighted by Crippen LogP contribution is -2.02. The molecule has 3 rings (SSSR count). The normalized spacial score (nSPS) is 12.6. The number of halogens is 3. The number of nitrogens with one attached hydrogen (secondary N) is 1.